The van der Waals surface area contributed by atoms with Crippen LogP contribution in [0, 0.1) is 0 Å². The van der Waals surface area contributed by atoms with Gasteiger partial charge in [-0.3, -0.25) is 0 Å². The lowest BCUT2D eigenvalue weighted by molar-refractivity contribution is 0.283. The van der Waals surface area contributed by atoms with Gasteiger partial charge in [-0.15, -0.1) is 0 Å². The molecule has 0 aliphatic carbocycles. The number of nitrogens with zero attached hydrogens (tertiary/aromatic N) is 2. The van der Waals surface area contributed by atoms with Crippen LogP contribution in [0.1, 0.15) is 41.5 Å². The minimum atomic E-state index is -2.24. The van der Waals surface area contributed by atoms with E-state index in [1.807, 2.05) is 0 Å². The molecule has 0 fully saturated rings. The molecule has 0 spiro atoms. The van der Waals surface area contributed by atoms with Crippen molar-refractivity contribution >= 4 is 38.3 Å². The van der Waals surface area contributed by atoms with Gasteiger partial charge in [0.2, 0.25) is 0 Å². The maximum atomic E-state index is 4.27. The average molecular weight is 403 g/mol. The third-order valence-corrected chi connectivity index (χ3v) is 12.2. The van der Waals surface area contributed by atoms with Crippen molar-refractivity contribution in [3.8, 4) is 0 Å². The van der Waals surface area contributed by atoms with Crippen molar-refractivity contribution in [3.63, 3.8) is 0 Å². The first-order valence-electron chi connectivity index (χ1n) is 8.50. The van der Waals surface area contributed by atoms with Crippen LogP contribution < -0.4 is 5.19 Å². The van der Waals surface area contributed by atoms with Crippen molar-refractivity contribution in [2.75, 3.05) is 0 Å². The molecule has 0 atom stereocenters. The molecular weight excluding hydrogens is 376 g/mol. The molecule has 1 aliphatic rings. The smallest absolute Gasteiger partial charge is 0.369 e. The summed E-state index contributed by atoms with van der Waals surface area (Å²) in [6, 6.07) is 15.5. The van der Waals surface area contributed by atoms with E-state index >= 15 is 0 Å². The van der Waals surface area contributed by atoms with Crippen molar-refractivity contribution in [2.45, 2.75) is 52.6 Å². The van der Waals surface area contributed by atoms with Gasteiger partial charge in [-0.05, 0) is 57.5 Å². The van der Waals surface area contributed by atoms with Gasteiger partial charge in [-0.1, -0.05) is 57.8 Å². The fourth-order valence-electron chi connectivity index (χ4n) is 3.45. The van der Waals surface area contributed by atoms with Gasteiger partial charge in [0.15, 0.2) is 0 Å². The molecule has 1 aliphatic heterocycles. The minimum Gasteiger partial charge on any atom is -0.369 e. The standard InChI is InChI=1S/C20H27BrN2Si/c1-19(2,3)22-13-14-23(20(4,5)6)24(22,21)18-12-11-16-9-7-8-10-17(16)15-18/h7-15H,1-6H3. The molecule has 128 valence electrons. The number of halogens is 1. The summed E-state index contributed by atoms with van der Waals surface area (Å²) in [6.07, 6.45) is 4.53. The fraction of sp³-hybridized carbons (Fsp3) is 0.400. The summed E-state index contributed by atoms with van der Waals surface area (Å²) in [4.78, 5) is 0. The van der Waals surface area contributed by atoms with Gasteiger partial charge >= 0.3 is 7.02 Å². The largest absolute Gasteiger partial charge is 0.372 e. The van der Waals surface area contributed by atoms with Crippen LogP contribution in [0.5, 0.6) is 0 Å². The predicted molar refractivity (Wildman–Crippen MR) is 111 cm³/mol. The first-order valence-corrected chi connectivity index (χ1v) is 12.6. The second kappa shape index (κ2) is 5.63. The minimum absolute atomic E-state index is 0.0534. The van der Waals surface area contributed by atoms with Crippen LogP contribution in [-0.4, -0.2) is 27.2 Å². The third-order valence-electron chi connectivity index (χ3n) is 4.57. The summed E-state index contributed by atoms with van der Waals surface area (Å²) < 4.78 is 5.07. The molecule has 0 bridgehead atoms. The molecule has 4 heteroatoms. The van der Waals surface area contributed by atoms with Gasteiger partial charge in [0.1, 0.15) is 0 Å². The summed E-state index contributed by atoms with van der Waals surface area (Å²) >= 11 is 4.27. The number of rotatable bonds is 1. The molecule has 0 saturated carbocycles. The lowest BCUT2D eigenvalue weighted by atomic mass is 10.1. The third kappa shape index (κ3) is 2.80. The van der Waals surface area contributed by atoms with Crippen molar-refractivity contribution in [1.82, 2.24) is 9.13 Å². The molecule has 0 unspecified atom stereocenters. The Morgan fingerprint density at radius 1 is 0.750 bits per heavy atom. The van der Waals surface area contributed by atoms with E-state index in [1.54, 1.807) is 0 Å². The first-order chi connectivity index (χ1) is 11.0. The zero-order valence-electron chi connectivity index (χ0n) is 15.5. The molecule has 1 heterocycles. The van der Waals surface area contributed by atoms with Crippen LogP contribution in [0.3, 0.4) is 0 Å². The van der Waals surface area contributed by atoms with Gasteiger partial charge < -0.3 is 9.13 Å². The summed E-state index contributed by atoms with van der Waals surface area (Å²) in [6.45, 7) is 13.7. The Balaban J connectivity index is 2.20. The number of fused-ring (bicyclic) bond motifs is 1. The lowest BCUT2D eigenvalue weighted by Gasteiger charge is -2.49. The van der Waals surface area contributed by atoms with Gasteiger partial charge in [0, 0.05) is 23.5 Å². The number of hydrogen-bond acceptors (Lipinski definition) is 2. The monoisotopic (exact) mass is 402 g/mol. The summed E-state index contributed by atoms with van der Waals surface area (Å²) in [5.41, 5.74) is 0.107. The van der Waals surface area contributed by atoms with Crippen LogP contribution in [0.4, 0.5) is 0 Å². The first kappa shape index (κ1) is 17.6. The molecular formula is C20H27BrN2Si. The van der Waals surface area contributed by atoms with E-state index < -0.39 is 7.02 Å². The van der Waals surface area contributed by atoms with Crippen LogP contribution in [0.2, 0.25) is 0 Å². The highest BCUT2D eigenvalue weighted by atomic mass is 79.9. The lowest BCUT2D eigenvalue weighted by Crippen LogP contribution is -2.70. The van der Waals surface area contributed by atoms with Crippen LogP contribution in [0.15, 0.2) is 54.9 Å². The Morgan fingerprint density at radius 2 is 1.25 bits per heavy atom. The molecule has 2 aromatic carbocycles. The molecule has 2 nitrogen and oxygen atoms in total. The van der Waals surface area contributed by atoms with Gasteiger partial charge in [0.25, 0.3) is 0 Å². The molecule has 0 amide bonds. The molecule has 0 saturated heterocycles. The highest BCUT2D eigenvalue weighted by Crippen LogP contribution is 2.39. The van der Waals surface area contributed by atoms with Crippen molar-refractivity contribution in [2.24, 2.45) is 0 Å². The highest BCUT2D eigenvalue weighted by molar-refractivity contribution is 9.26. The average Bonchev–Trinajstić information content (AvgIpc) is 2.85. The summed E-state index contributed by atoms with van der Waals surface area (Å²) in [5, 5.41) is 3.98. The van der Waals surface area contributed by atoms with Crippen LogP contribution in [0.25, 0.3) is 10.8 Å². The normalized spacial score (nSPS) is 17.8. The molecule has 0 radical (unpaired) electrons. The predicted octanol–water partition coefficient (Wildman–Crippen LogP) is 5.07. The Bertz CT molecular complexity index is 762. The summed E-state index contributed by atoms with van der Waals surface area (Å²) in [5.74, 6) is 0. The maximum Gasteiger partial charge on any atom is 0.372 e. The second-order valence-electron chi connectivity index (χ2n) is 8.53. The Morgan fingerprint density at radius 3 is 1.75 bits per heavy atom. The molecule has 24 heavy (non-hydrogen) atoms. The SMILES string of the molecule is CC(C)(C)N1C=CN(C(C)(C)C)[Si]1(Br)c1ccc2ccccc2c1. The maximum absolute atomic E-state index is 4.27. The van der Waals surface area contributed by atoms with Crippen molar-refractivity contribution < 1.29 is 0 Å². The second-order valence-corrected chi connectivity index (χ2v) is 14.6. The zero-order chi connectivity index (χ0) is 17.8. The van der Waals surface area contributed by atoms with E-state index in [-0.39, 0.29) is 11.1 Å². The van der Waals surface area contributed by atoms with E-state index in [1.165, 1.54) is 16.0 Å². The molecule has 2 aromatic rings. The van der Waals surface area contributed by atoms with Crippen molar-refractivity contribution in [3.05, 3.63) is 54.9 Å². The number of hydrogen-bond donors (Lipinski definition) is 0. The van der Waals surface area contributed by atoms with E-state index in [9.17, 15) is 0 Å². The molecule has 3 rings (SSSR count). The van der Waals surface area contributed by atoms with E-state index in [0.717, 1.165) is 0 Å². The Labute approximate surface area is 154 Å². The van der Waals surface area contributed by atoms with Crippen molar-refractivity contribution in [1.29, 1.82) is 0 Å². The quantitative estimate of drug-likeness (QED) is 0.485. The van der Waals surface area contributed by atoms with Crippen LogP contribution >= 0.6 is 15.3 Å². The highest BCUT2D eigenvalue weighted by Gasteiger charge is 2.54. The number of benzene rings is 2. The topological polar surface area (TPSA) is 6.48 Å². The van der Waals surface area contributed by atoms with Gasteiger partial charge in [0.05, 0.1) is 0 Å². The fourth-order valence-corrected chi connectivity index (χ4v) is 11.8. The summed E-state index contributed by atoms with van der Waals surface area (Å²) in [7, 11) is -2.24. The van der Waals surface area contributed by atoms with E-state index in [4.69, 9.17) is 0 Å². The van der Waals surface area contributed by atoms with Crippen LogP contribution in [-0.2, 0) is 0 Å². The zero-order valence-corrected chi connectivity index (χ0v) is 18.1. The van der Waals surface area contributed by atoms with E-state index in [2.05, 4.69) is 121 Å². The Kier molecular flexibility index (Phi) is 4.12. The van der Waals surface area contributed by atoms with Gasteiger partial charge in [-0.25, -0.2) is 0 Å². The van der Waals surface area contributed by atoms with Gasteiger partial charge in [-0.2, -0.15) is 0 Å². The van der Waals surface area contributed by atoms with E-state index in [0.29, 0.717) is 0 Å². The molecule has 0 N–H and O–H groups in total. The molecule has 0 aromatic heterocycles. The Hall–Kier alpha value is -1.26.